The Kier molecular flexibility index (Phi) is 5.71. The Hall–Kier alpha value is -2.57. The summed E-state index contributed by atoms with van der Waals surface area (Å²) in [5.74, 6) is -1.37. The summed E-state index contributed by atoms with van der Waals surface area (Å²) in [6, 6.07) is 4.54. The number of aromatic carboxylic acids is 1. The molecule has 1 rings (SSSR count). The number of carboxylic acids is 1. The molecule has 0 fully saturated rings. The van der Waals surface area contributed by atoms with Crippen LogP contribution >= 0.6 is 0 Å². The summed E-state index contributed by atoms with van der Waals surface area (Å²) in [5, 5.41) is 16.5. The van der Waals surface area contributed by atoms with Crippen LogP contribution in [0, 0.1) is 0 Å². The highest BCUT2D eigenvalue weighted by molar-refractivity contribution is 5.95. The number of carbonyl (C=O) groups is 3. The molecule has 1 atom stereocenters. The van der Waals surface area contributed by atoms with Crippen LogP contribution < -0.4 is 16.0 Å². The van der Waals surface area contributed by atoms with Gasteiger partial charge in [0, 0.05) is 11.7 Å². The molecular formula is C14H19N3O4. The third kappa shape index (κ3) is 5.52. The molecule has 0 bridgehead atoms. The molecule has 7 heteroatoms. The molecule has 21 heavy (non-hydrogen) atoms. The first kappa shape index (κ1) is 16.5. The predicted molar refractivity (Wildman–Crippen MR) is 78.3 cm³/mol. The molecule has 0 aliphatic carbocycles. The first-order valence-corrected chi connectivity index (χ1v) is 6.51. The van der Waals surface area contributed by atoms with Crippen molar-refractivity contribution in [1.29, 1.82) is 0 Å². The van der Waals surface area contributed by atoms with Gasteiger partial charge in [0.15, 0.2) is 0 Å². The third-order valence-electron chi connectivity index (χ3n) is 2.54. The van der Waals surface area contributed by atoms with Crippen molar-refractivity contribution in [3.63, 3.8) is 0 Å². The molecule has 0 saturated heterocycles. The normalized spacial score (nSPS) is 11.6. The van der Waals surface area contributed by atoms with E-state index in [1.165, 1.54) is 18.2 Å². The minimum atomic E-state index is -1.08. The van der Waals surface area contributed by atoms with Gasteiger partial charge >= 0.3 is 12.0 Å². The van der Waals surface area contributed by atoms with Crippen LogP contribution in [0.5, 0.6) is 0 Å². The molecule has 0 radical (unpaired) electrons. The lowest BCUT2D eigenvalue weighted by Gasteiger charge is -2.16. The Morgan fingerprint density at radius 3 is 2.33 bits per heavy atom. The second-order valence-corrected chi connectivity index (χ2v) is 4.87. The fraction of sp³-hybridized carbons (Fsp3) is 0.357. The Bertz CT molecular complexity index is 543. The van der Waals surface area contributed by atoms with Crippen LogP contribution in [0.4, 0.5) is 10.5 Å². The van der Waals surface area contributed by atoms with Crippen molar-refractivity contribution >= 4 is 23.6 Å². The summed E-state index contributed by atoms with van der Waals surface area (Å²) < 4.78 is 0. The van der Waals surface area contributed by atoms with Gasteiger partial charge in [0.25, 0.3) is 0 Å². The Morgan fingerprint density at radius 2 is 1.76 bits per heavy atom. The largest absolute Gasteiger partial charge is 0.478 e. The van der Waals surface area contributed by atoms with Gasteiger partial charge in [-0.25, -0.2) is 9.59 Å². The van der Waals surface area contributed by atoms with Gasteiger partial charge in [0.05, 0.1) is 5.56 Å². The fourth-order valence-corrected chi connectivity index (χ4v) is 1.57. The molecule has 0 aliphatic rings. The number of hydrogen-bond donors (Lipinski definition) is 4. The van der Waals surface area contributed by atoms with Crippen molar-refractivity contribution in [1.82, 2.24) is 10.6 Å². The number of anilines is 1. The number of rotatable bonds is 5. The van der Waals surface area contributed by atoms with Crippen molar-refractivity contribution < 1.29 is 19.5 Å². The lowest BCUT2D eigenvalue weighted by atomic mass is 10.2. The Morgan fingerprint density at radius 1 is 1.10 bits per heavy atom. The zero-order valence-corrected chi connectivity index (χ0v) is 12.1. The van der Waals surface area contributed by atoms with Crippen molar-refractivity contribution in [3.05, 3.63) is 29.8 Å². The fourth-order valence-electron chi connectivity index (χ4n) is 1.57. The highest BCUT2D eigenvalue weighted by Crippen LogP contribution is 2.10. The maximum absolute atomic E-state index is 11.7. The zero-order chi connectivity index (χ0) is 16.0. The average molecular weight is 293 g/mol. The van der Waals surface area contributed by atoms with Gasteiger partial charge in [0.2, 0.25) is 5.91 Å². The highest BCUT2D eigenvalue weighted by atomic mass is 16.4. The molecule has 0 heterocycles. The minimum Gasteiger partial charge on any atom is -0.478 e. The third-order valence-corrected chi connectivity index (χ3v) is 2.54. The SMILES string of the molecule is CC(C)NC(=O)C(C)NC(=O)Nc1cccc(C(=O)O)c1. The molecule has 7 nitrogen and oxygen atoms in total. The monoisotopic (exact) mass is 293 g/mol. The summed E-state index contributed by atoms with van der Waals surface area (Å²) in [7, 11) is 0. The zero-order valence-electron chi connectivity index (χ0n) is 12.1. The van der Waals surface area contributed by atoms with Crippen molar-refractivity contribution in [3.8, 4) is 0 Å². The molecule has 0 aliphatic heterocycles. The number of nitrogens with one attached hydrogen (secondary N) is 3. The smallest absolute Gasteiger partial charge is 0.335 e. The topological polar surface area (TPSA) is 108 Å². The lowest BCUT2D eigenvalue weighted by Crippen LogP contribution is -2.48. The van der Waals surface area contributed by atoms with E-state index in [2.05, 4.69) is 16.0 Å². The number of amides is 3. The van der Waals surface area contributed by atoms with Gasteiger partial charge in [-0.3, -0.25) is 4.79 Å². The molecule has 1 unspecified atom stereocenters. The molecule has 3 amide bonds. The van der Waals surface area contributed by atoms with E-state index in [1.54, 1.807) is 13.0 Å². The maximum atomic E-state index is 11.7. The van der Waals surface area contributed by atoms with E-state index < -0.39 is 18.0 Å². The van der Waals surface area contributed by atoms with Crippen molar-refractivity contribution in [2.24, 2.45) is 0 Å². The Balaban J connectivity index is 2.59. The number of urea groups is 1. The van der Waals surface area contributed by atoms with Crippen LogP contribution in [0.15, 0.2) is 24.3 Å². The minimum absolute atomic E-state index is 0.0166. The van der Waals surface area contributed by atoms with Crippen LogP contribution in [0.2, 0.25) is 0 Å². The van der Waals surface area contributed by atoms with E-state index >= 15 is 0 Å². The average Bonchev–Trinajstić information content (AvgIpc) is 2.37. The van der Waals surface area contributed by atoms with E-state index in [0.29, 0.717) is 5.69 Å². The van der Waals surface area contributed by atoms with Crippen molar-refractivity contribution in [2.75, 3.05) is 5.32 Å². The molecule has 1 aromatic carbocycles. The van der Waals surface area contributed by atoms with E-state index in [-0.39, 0.29) is 17.5 Å². The number of carboxylic acid groups (broad SMARTS) is 1. The molecule has 0 saturated carbocycles. The Labute approximate surface area is 122 Å². The van der Waals surface area contributed by atoms with Crippen LogP contribution in [-0.2, 0) is 4.79 Å². The summed E-state index contributed by atoms with van der Waals surface area (Å²) in [4.78, 5) is 34.2. The maximum Gasteiger partial charge on any atom is 0.335 e. The number of benzene rings is 1. The molecular weight excluding hydrogens is 274 g/mol. The molecule has 4 N–H and O–H groups in total. The standard InChI is InChI=1S/C14H19N3O4/c1-8(2)15-12(18)9(3)16-14(21)17-11-6-4-5-10(7-11)13(19)20/h4-9H,1-3H3,(H,15,18)(H,19,20)(H2,16,17,21). The van der Waals surface area contributed by atoms with E-state index in [1.807, 2.05) is 13.8 Å². The van der Waals surface area contributed by atoms with Crippen molar-refractivity contribution in [2.45, 2.75) is 32.9 Å². The second kappa shape index (κ2) is 7.28. The summed E-state index contributed by atoms with van der Waals surface area (Å²) in [6.45, 7) is 5.20. The second-order valence-electron chi connectivity index (χ2n) is 4.87. The highest BCUT2D eigenvalue weighted by Gasteiger charge is 2.16. The summed E-state index contributed by atoms with van der Waals surface area (Å²) in [6.07, 6.45) is 0. The van der Waals surface area contributed by atoms with Gasteiger partial charge in [0.1, 0.15) is 6.04 Å². The first-order chi connectivity index (χ1) is 9.79. The molecule has 0 aromatic heterocycles. The van der Waals surface area contributed by atoms with Gasteiger partial charge in [-0.1, -0.05) is 6.07 Å². The molecule has 1 aromatic rings. The van der Waals surface area contributed by atoms with Crippen LogP contribution in [0.3, 0.4) is 0 Å². The van der Waals surface area contributed by atoms with Gasteiger partial charge in [-0.05, 0) is 39.0 Å². The quantitative estimate of drug-likeness (QED) is 0.658. The van der Waals surface area contributed by atoms with Crippen LogP contribution in [0.1, 0.15) is 31.1 Å². The van der Waals surface area contributed by atoms with E-state index in [0.717, 1.165) is 0 Å². The number of carbonyl (C=O) groups excluding carboxylic acids is 2. The van der Waals surface area contributed by atoms with Crippen LogP contribution in [-0.4, -0.2) is 35.1 Å². The lowest BCUT2D eigenvalue weighted by molar-refractivity contribution is -0.123. The predicted octanol–water partition coefficient (Wildman–Crippen LogP) is 1.42. The van der Waals surface area contributed by atoms with Gasteiger partial charge in [-0.2, -0.15) is 0 Å². The van der Waals surface area contributed by atoms with E-state index in [4.69, 9.17) is 5.11 Å². The first-order valence-electron chi connectivity index (χ1n) is 6.51. The van der Waals surface area contributed by atoms with E-state index in [9.17, 15) is 14.4 Å². The molecule has 0 spiro atoms. The van der Waals surface area contributed by atoms with Crippen LogP contribution in [0.25, 0.3) is 0 Å². The molecule has 114 valence electrons. The van der Waals surface area contributed by atoms with Gasteiger partial charge in [-0.15, -0.1) is 0 Å². The number of hydrogen-bond acceptors (Lipinski definition) is 3. The summed E-state index contributed by atoms with van der Waals surface area (Å²) in [5.41, 5.74) is 0.405. The van der Waals surface area contributed by atoms with Gasteiger partial charge < -0.3 is 21.1 Å². The summed E-state index contributed by atoms with van der Waals surface area (Å²) >= 11 is 0.